The minimum absolute atomic E-state index is 0.150. The third-order valence-electron chi connectivity index (χ3n) is 2.45. The van der Waals surface area contributed by atoms with E-state index in [4.69, 9.17) is 15.7 Å². The summed E-state index contributed by atoms with van der Waals surface area (Å²) in [6.45, 7) is 10.2. The zero-order valence-electron chi connectivity index (χ0n) is 10.1. The lowest BCUT2D eigenvalue weighted by molar-refractivity contribution is -0.130. The van der Waals surface area contributed by atoms with E-state index in [2.05, 4.69) is 24.8 Å². The van der Waals surface area contributed by atoms with Crippen LogP contribution in [0.2, 0.25) is 0 Å². The molecule has 0 saturated carbocycles. The predicted octanol–water partition coefficient (Wildman–Crippen LogP) is 0.727. The summed E-state index contributed by atoms with van der Waals surface area (Å²) >= 11 is 0. The number of nitrogens with two attached hydrogens (primary N) is 1. The van der Waals surface area contributed by atoms with Gasteiger partial charge in [0.2, 0.25) is 0 Å². The molecule has 2 N–H and O–H groups in total. The molecule has 1 aliphatic heterocycles. The van der Waals surface area contributed by atoms with Gasteiger partial charge in [-0.05, 0) is 27.7 Å². The monoisotopic (exact) mass is 211 g/mol. The van der Waals surface area contributed by atoms with Crippen LogP contribution in [0.25, 0.3) is 0 Å². The Hall–Kier alpha value is -0.630. The molecule has 0 aromatic rings. The number of ether oxygens (including phenoxy) is 1. The minimum Gasteiger partial charge on any atom is -0.370 e. The lowest BCUT2D eigenvalue weighted by Crippen LogP contribution is -2.57. The highest BCUT2D eigenvalue weighted by Crippen LogP contribution is 2.21. The van der Waals surface area contributed by atoms with Crippen LogP contribution in [-0.2, 0) is 4.74 Å². The van der Waals surface area contributed by atoms with E-state index in [1.54, 1.807) is 6.92 Å². The fourth-order valence-corrected chi connectivity index (χ4v) is 2.21. The molecule has 0 amide bonds. The topological polar surface area (TPSA) is 62.3 Å². The first-order valence-corrected chi connectivity index (χ1v) is 5.34. The van der Waals surface area contributed by atoms with Crippen LogP contribution in [0.4, 0.5) is 0 Å². The Kier molecular flexibility index (Phi) is 3.39. The quantitative estimate of drug-likeness (QED) is 0.731. The van der Waals surface area contributed by atoms with E-state index in [0.29, 0.717) is 6.54 Å². The van der Waals surface area contributed by atoms with Gasteiger partial charge >= 0.3 is 0 Å². The fourth-order valence-electron chi connectivity index (χ4n) is 2.21. The summed E-state index contributed by atoms with van der Waals surface area (Å²) in [5, 5.41) is 8.89. The molecular weight excluding hydrogens is 190 g/mol. The molecule has 0 aliphatic carbocycles. The van der Waals surface area contributed by atoms with E-state index in [-0.39, 0.29) is 11.7 Å². The summed E-state index contributed by atoms with van der Waals surface area (Å²) in [5.41, 5.74) is 4.92. The Labute approximate surface area is 92.0 Å². The third kappa shape index (κ3) is 3.78. The minimum atomic E-state index is -0.771. The summed E-state index contributed by atoms with van der Waals surface area (Å²) in [4.78, 5) is 2.21. The van der Waals surface area contributed by atoms with Gasteiger partial charge in [-0.1, -0.05) is 0 Å². The Morgan fingerprint density at radius 1 is 1.67 bits per heavy atom. The molecule has 1 heterocycles. The van der Waals surface area contributed by atoms with Crippen molar-refractivity contribution in [2.45, 2.75) is 44.9 Å². The molecule has 4 heteroatoms. The summed E-state index contributed by atoms with van der Waals surface area (Å²) in [5.74, 6) is 0. The molecule has 0 aromatic heterocycles. The van der Waals surface area contributed by atoms with E-state index < -0.39 is 5.54 Å². The Morgan fingerprint density at radius 3 is 2.73 bits per heavy atom. The van der Waals surface area contributed by atoms with Crippen LogP contribution in [0, 0.1) is 11.3 Å². The first-order valence-electron chi connectivity index (χ1n) is 5.34. The van der Waals surface area contributed by atoms with E-state index in [0.717, 1.165) is 13.1 Å². The second-order valence-electron chi connectivity index (χ2n) is 5.39. The molecule has 2 atom stereocenters. The fraction of sp³-hybridized carbons (Fsp3) is 0.909. The molecule has 86 valence electrons. The van der Waals surface area contributed by atoms with E-state index >= 15 is 0 Å². The third-order valence-corrected chi connectivity index (χ3v) is 2.45. The molecule has 2 unspecified atom stereocenters. The van der Waals surface area contributed by atoms with E-state index in [1.165, 1.54) is 0 Å². The molecule has 1 aliphatic rings. The summed E-state index contributed by atoms with van der Waals surface area (Å²) in [7, 11) is 0. The van der Waals surface area contributed by atoms with Crippen molar-refractivity contribution >= 4 is 0 Å². The average Bonchev–Trinajstić information content (AvgIpc) is 1.99. The van der Waals surface area contributed by atoms with Crippen LogP contribution in [-0.4, -0.2) is 41.8 Å². The van der Waals surface area contributed by atoms with Crippen LogP contribution in [0.1, 0.15) is 27.7 Å². The SMILES string of the molecule is CC1CN(CC(C)(N)C#N)CC(C)(C)O1. The molecule has 0 spiro atoms. The van der Waals surface area contributed by atoms with Crippen molar-refractivity contribution in [3.8, 4) is 6.07 Å². The van der Waals surface area contributed by atoms with Gasteiger partial charge in [-0.15, -0.1) is 0 Å². The Balaban J connectivity index is 2.61. The second-order valence-corrected chi connectivity index (χ2v) is 5.39. The lowest BCUT2D eigenvalue weighted by atomic mass is 10.0. The zero-order chi connectivity index (χ0) is 11.7. The predicted molar refractivity (Wildman–Crippen MR) is 59.3 cm³/mol. The first kappa shape index (κ1) is 12.4. The molecule has 1 fully saturated rings. The van der Waals surface area contributed by atoms with Crippen molar-refractivity contribution < 1.29 is 4.74 Å². The highest BCUT2D eigenvalue weighted by Gasteiger charge is 2.34. The van der Waals surface area contributed by atoms with Crippen molar-refractivity contribution in [1.82, 2.24) is 4.90 Å². The number of nitriles is 1. The molecule has 1 rings (SSSR count). The molecule has 0 radical (unpaired) electrons. The summed E-state index contributed by atoms with van der Waals surface area (Å²) in [6.07, 6.45) is 0.197. The van der Waals surface area contributed by atoms with Crippen LogP contribution in [0.15, 0.2) is 0 Å². The molecule has 4 nitrogen and oxygen atoms in total. The molecule has 1 saturated heterocycles. The van der Waals surface area contributed by atoms with Crippen molar-refractivity contribution in [3.05, 3.63) is 0 Å². The lowest BCUT2D eigenvalue weighted by Gasteiger charge is -2.43. The van der Waals surface area contributed by atoms with Crippen molar-refractivity contribution in [3.63, 3.8) is 0 Å². The van der Waals surface area contributed by atoms with Crippen molar-refractivity contribution in [2.75, 3.05) is 19.6 Å². The van der Waals surface area contributed by atoms with Gasteiger partial charge in [-0.2, -0.15) is 5.26 Å². The van der Waals surface area contributed by atoms with Crippen molar-refractivity contribution in [1.29, 1.82) is 5.26 Å². The maximum Gasteiger partial charge on any atom is 0.114 e. The average molecular weight is 211 g/mol. The maximum absolute atomic E-state index is 8.89. The zero-order valence-corrected chi connectivity index (χ0v) is 10.1. The first-order chi connectivity index (χ1) is 6.74. The smallest absolute Gasteiger partial charge is 0.114 e. The van der Waals surface area contributed by atoms with Gasteiger partial charge in [0.15, 0.2) is 0 Å². The van der Waals surface area contributed by atoms with E-state index in [1.807, 2.05) is 6.92 Å². The van der Waals surface area contributed by atoms with Crippen molar-refractivity contribution in [2.24, 2.45) is 5.73 Å². The highest BCUT2D eigenvalue weighted by molar-refractivity contribution is 5.04. The number of rotatable bonds is 2. The molecule has 15 heavy (non-hydrogen) atoms. The largest absolute Gasteiger partial charge is 0.370 e. The van der Waals surface area contributed by atoms with Gasteiger partial charge in [0.05, 0.1) is 17.8 Å². The van der Waals surface area contributed by atoms with Gasteiger partial charge in [0.1, 0.15) is 5.54 Å². The van der Waals surface area contributed by atoms with E-state index in [9.17, 15) is 0 Å². The van der Waals surface area contributed by atoms with Crippen LogP contribution >= 0.6 is 0 Å². The summed E-state index contributed by atoms with van der Waals surface area (Å²) < 4.78 is 5.79. The van der Waals surface area contributed by atoms with Gasteiger partial charge in [0.25, 0.3) is 0 Å². The maximum atomic E-state index is 8.89. The van der Waals surface area contributed by atoms with Crippen LogP contribution < -0.4 is 5.73 Å². The molecule has 0 bridgehead atoms. The van der Waals surface area contributed by atoms with Gasteiger partial charge < -0.3 is 10.5 Å². The Morgan fingerprint density at radius 2 is 2.27 bits per heavy atom. The van der Waals surface area contributed by atoms with Crippen LogP contribution in [0.5, 0.6) is 0 Å². The molecule has 0 aromatic carbocycles. The highest BCUT2D eigenvalue weighted by atomic mass is 16.5. The Bertz CT molecular complexity index is 267. The van der Waals surface area contributed by atoms with Crippen LogP contribution in [0.3, 0.4) is 0 Å². The number of hydrogen-bond acceptors (Lipinski definition) is 4. The number of nitrogens with zero attached hydrogens (tertiary/aromatic N) is 2. The van der Waals surface area contributed by atoms with Gasteiger partial charge in [-0.3, -0.25) is 4.90 Å². The standard InChI is InChI=1S/C11H21N3O/c1-9-5-14(7-10(2,3)15-9)8-11(4,13)6-12/h9H,5,7-8,13H2,1-4H3. The van der Waals surface area contributed by atoms with Gasteiger partial charge in [-0.25, -0.2) is 0 Å². The normalized spacial score (nSPS) is 30.5. The summed E-state index contributed by atoms with van der Waals surface area (Å²) in [6, 6.07) is 2.13. The number of morpholine rings is 1. The second kappa shape index (κ2) is 4.09. The number of hydrogen-bond donors (Lipinski definition) is 1. The molecular formula is C11H21N3O. The van der Waals surface area contributed by atoms with Gasteiger partial charge in [0, 0.05) is 19.6 Å².